The molecule has 0 bridgehead atoms. The van der Waals surface area contributed by atoms with Crippen molar-refractivity contribution in [2.75, 3.05) is 23.8 Å². The molecule has 1 unspecified atom stereocenters. The normalized spacial score (nSPS) is 12.0. The summed E-state index contributed by atoms with van der Waals surface area (Å²) in [6.45, 7) is 1.78. The van der Waals surface area contributed by atoms with Gasteiger partial charge in [0.25, 0.3) is 5.91 Å². The van der Waals surface area contributed by atoms with E-state index in [1.165, 1.54) is 11.3 Å². The van der Waals surface area contributed by atoms with Crippen LogP contribution in [0.15, 0.2) is 24.3 Å². The summed E-state index contributed by atoms with van der Waals surface area (Å²) < 4.78 is 0. The van der Waals surface area contributed by atoms with Crippen molar-refractivity contribution in [2.45, 2.75) is 19.4 Å². The fourth-order valence-electron chi connectivity index (χ4n) is 1.74. The lowest BCUT2D eigenvalue weighted by Gasteiger charge is -2.13. The molecule has 0 aliphatic carbocycles. The smallest absolute Gasteiger partial charge is 0.259 e. The number of hydrogen-bond donors (Lipinski definition) is 4. The van der Waals surface area contributed by atoms with E-state index in [9.17, 15) is 9.90 Å². The molecule has 0 aliphatic heterocycles. The molecule has 8 heteroatoms. The highest BCUT2D eigenvalue weighted by atomic mass is 32.1. The molecule has 0 radical (unpaired) electrons. The lowest BCUT2D eigenvalue weighted by molar-refractivity contribution is 0.102. The number of aromatic nitrogens is 2. The SMILES string of the molecule is CCc1nnc(NC(=O)c2ccccc2NCC(O)CO)s1. The number of aliphatic hydroxyl groups excluding tert-OH is 2. The zero-order valence-electron chi connectivity index (χ0n) is 12.1. The molecule has 2 aromatic rings. The molecule has 1 heterocycles. The predicted octanol–water partition coefficient (Wildman–Crippen LogP) is 1.12. The quantitative estimate of drug-likeness (QED) is 0.608. The molecule has 0 aliphatic rings. The molecular formula is C14H18N4O3S. The van der Waals surface area contributed by atoms with Gasteiger partial charge in [-0.15, -0.1) is 10.2 Å². The first kappa shape index (κ1) is 16.3. The summed E-state index contributed by atoms with van der Waals surface area (Å²) >= 11 is 1.34. The predicted molar refractivity (Wildman–Crippen MR) is 85.3 cm³/mol. The maximum atomic E-state index is 12.3. The van der Waals surface area contributed by atoms with E-state index in [-0.39, 0.29) is 19.1 Å². The number of carbonyl (C=O) groups is 1. The van der Waals surface area contributed by atoms with Crippen LogP contribution < -0.4 is 10.6 Å². The standard InChI is InChI=1S/C14H18N4O3S/c1-2-12-17-18-14(22-12)16-13(21)10-5-3-4-6-11(10)15-7-9(20)8-19/h3-6,9,15,19-20H,2,7-8H2,1H3,(H,16,18,21). The largest absolute Gasteiger partial charge is 0.394 e. The summed E-state index contributed by atoms with van der Waals surface area (Å²) in [6.07, 6.45) is -0.114. The van der Waals surface area contributed by atoms with E-state index in [0.717, 1.165) is 11.4 Å². The van der Waals surface area contributed by atoms with Crippen LogP contribution in [0.4, 0.5) is 10.8 Å². The van der Waals surface area contributed by atoms with E-state index in [2.05, 4.69) is 20.8 Å². The van der Waals surface area contributed by atoms with Crippen LogP contribution in [0.25, 0.3) is 0 Å². The van der Waals surface area contributed by atoms with Gasteiger partial charge in [-0.2, -0.15) is 0 Å². The molecule has 1 aromatic heterocycles. The molecule has 1 amide bonds. The molecule has 1 aromatic carbocycles. The number of benzene rings is 1. The van der Waals surface area contributed by atoms with Gasteiger partial charge in [0.2, 0.25) is 5.13 Å². The number of carbonyl (C=O) groups excluding carboxylic acids is 1. The first-order valence-electron chi connectivity index (χ1n) is 6.89. The average Bonchev–Trinajstić information content (AvgIpc) is 3.00. The summed E-state index contributed by atoms with van der Waals surface area (Å²) in [7, 11) is 0. The van der Waals surface area contributed by atoms with Crippen molar-refractivity contribution < 1.29 is 15.0 Å². The van der Waals surface area contributed by atoms with Crippen molar-refractivity contribution in [2.24, 2.45) is 0 Å². The highest BCUT2D eigenvalue weighted by Gasteiger charge is 2.14. The molecule has 0 fully saturated rings. The molecule has 7 nitrogen and oxygen atoms in total. The van der Waals surface area contributed by atoms with Gasteiger partial charge < -0.3 is 15.5 Å². The van der Waals surface area contributed by atoms with E-state index in [0.29, 0.717) is 16.4 Å². The fraction of sp³-hybridized carbons (Fsp3) is 0.357. The van der Waals surface area contributed by atoms with Gasteiger partial charge >= 0.3 is 0 Å². The van der Waals surface area contributed by atoms with Gasteiger partial charge in [-0.25, -0.2) is 0 Å². The number of rotatable bonds is 7. The molecular weight excluding hydrogens is 304 g/mol. The molecule has 2 rings (SSSR count). The number of amides is 1. The van der Waals surface area contributed by atoms with E-state index < -0.39 is 6.10 Å². The highest BCUT2D eigenvalue weighted by molar-refractivity contribution is 7.15. The minimum absolute atomic E-state index is 0.152. The third-order valence-electron chi connectivity index (χ3n) is 2.90. The van der Waals surface area contributed by atoms with Crippen LogP contribution in [-0.2, 0) is 6.42 Å². The van der Waals surface area contributed by atoms with Crippen molar-refractivity contribution in [1.82, 2.24) is 10.2 Å². The molecule has 0 saturated carbocycles. The molecule has 0 saturated heterocycles. The number of aryl methyl sites for hydroxylation is 1. The molecule has 4 N–H and O–H groups in total. The number of hydrogen-bond acceptors (Lipinski definition) is 7. The summed E-state index contributed by atoms with van der Waals surface area (Å²) in [6, 6.07) is 6.94. The number of nitrogens with one attached hydrogen (secondary N) is 2. The summed E-state index contributed by atoms with van der Waals surface area (Å²) in [5, 5.41) is 33.0. The number of anilines is 2. The van der Waals surface area contributed by atoms with Gasteiger partial charge in [-0.05, 0) is 18.6 Å². The Balaban J connectivity index is 2.08. The Hall–Kier alpha value is -2.03. The first-order valence-corrected chi connectivity index (χ1v) is 7.71. The Morgan fingerprint density at radius 2 is 2.14 bits per heavy atom. The van der Waals surface area contributed by atoms with Gasteiger partial charge in [0.15, 0.2) is 0 Å². The summed E-state index contributed by atoms with van der Waals surface area (Å²) in [5.74, 6) is -0.305. The van der Waals surface area contributed by atoms with E-state index in [1.807, 2.05) is 6.92 Å². The van der Waals surface area contributed by atoms with Crippen LogP contribution in [0.3, 0.4) is 0 Å². The third kappa shape index (κ3) is 4.23. The second-order valence-electron chi connectivity index (χ2n) is 4.57. The highest BCUT2D eigenvalue weighted by Crippen LogP contribution is 2.20. The fourth-order valence-corrected chi connectivity index (χ4v) is 2.41. The lowest BCUT2D eigenvalue weighted by atomic mass is 10.1. The minimum atomic E-state index is -0.883. The van der Waals surface area contributed by atoms with Crippen LogP contribution in [0.2, 0.25) is 0 Å². The zero-order valence-corrected chi connectivity index (χ0v) is 12.9. The molecule has 118 valence electrons. The van der Waals surface area contributed by atoms with Gasteiger partial charge in [0.05, 0.1) is 18.3 Å². The van der Waals surface area contributed by atoms with Gasteiger partial charge in [-0.1, -0.05) is 30.4 Å². The van der Waals surface area contributed by atoms with Crippen LogP contribution in [0, 0.1) is 0 Å². The van der Waals surface area contributed by atoms with Crippen LogP contribution in [-0.4, -0.2) is 45.6 Å². The van der Waals surface area contributed by atoms with E-state index in [1.54, 1.807) is 24.3 Å². The number of aliphatic hydroxyl groups is 2. The van der Waals surface area contributed by atoms with Crippen molar-refractivity contribution in [1.29, 1.82) is 0 Å². The Morgan fingerprint density at radius 3 is 2.82 bits per heavy atom. The molecule has 0 spiro atoms. The monoisotopic (exact) mass is 322 g/mol. The zero-order chi connectivity index (χ0) is 15.9. The van der Waals surface area contributed by atoms with Crippen molar-refractivity contribution in [3.8, 4) is 0 Å². The van der Waals surface area contributed by atoms with Crippen LogP contribution in [0.1, 0.15) is 22.3 Å². The maximum Gasteiger partial charge on any atom is 0.259 e. The Labute approximate surface area is 132 Å². The van der Waals surface area contributed by atoms with Gasteiger partial charge in [0, 0.05) is 12.2 Å². The average molecular weight is 322 g/mol. The number of nitrogens with zero attached hydrogens (tertiary/aromatic N) is 2. The lowest BCUT2D eigenvalue weighted by Crippen LogP contribution is -2.24. The van der Waals surface area contributed by atoms with Crippen molar-refractivity contribution in [3.63, 3.8) is 0 Å². The topological polar surface area (TPSA) is 107 Å². The second kappa shape index (κ2) is 7.83. The molecule has 1 atom stereocenters. The van der Waals surface area contributed by atoms with E-state index >= 15 is 0 Å². The molecule has 22 heavy (non-hydrogen) atoms. The third-order valence-corrected chi connectivity index (χ3v) is 3.88. The maximum absolute atomic E-state index is 12.3. The Bertz CT molecular complexity index is 632. The Morgan fingerprint density at radius 1 is 1.36 bits per heavy atom. The Kier molecular flexibility index (Phi) is 5.82. The van der Waals surface area contributed by atoms with Crippen LogP contribution in [0.5, 0.6) is 0 Å². The summed E-state index contributed by atoms with van der Waals surface area (Å²) in [5.41, 5.74) is 1.01. The van der Waals surface area contributed by atoms with Crippen molar-refractivity contribution >= 4 is 28.1 Å². The number of para-hydroxylation sites is 1. The van der Waals surface area contributed by atoms with E-state index in [4.69, 9.17) is 5.11 Å². The first-order chi connectivity index (χ1) is 10.6. The van der Waals surface area contributed by atoms with Gasteiger partial charge in [0.1, 0.15) is 5.01 Å². The van der Waals surface area contributed by atoms with Crippen LogP contribution >= 0.6 is 11.3 Å². The minimum Gasteiger partial charge on any atom is -0.394 e. The van der Waals surface area contributed by atoms with Gasteiger partial charge in [-0.3, -0.25) is 10.1 Å². The summed E-state index contributed by atoms with van der Waals surface area (Å²) in [4.78, 5) is 12.3. The second-order valence-corrected chi connectivity index (χ2v) is 5.63. The van der Waals surface area contributed by atoms with Crippen molar-refractivity contribution in [3.05, 3.63) is 34.8 Å².